The van der Waals surface area contributed by atoms with Crippen molar-refractivity contribution in [3.8, 4) is 11.4 Å². The fourth-order valence-corrected chi connectivity index (χ4v) is 3.91. The lowest BCUT2D eigenvalue weighted by atomic mass is 9.62. The quantitative estimate of drug-likeness (QED) is 0.410. The van der Waals surface area contributed by atoms with Gasteiger partial charge in [0.15, 0.2) is 0 Å². The van der Waals surface area contributed by atoms with Crippen molar-refractivity contribution >= 4 is 39.0 Å². The fourth-order valence-electron chi connectivity index (χ4n) is 3.91. The Labute approximate surface area is 208 Å². The predicted octanol–water partition coefficient (Wildman–Crippen LogP) is 1.55. The Kier molecular flexibility index (Phi) is 5.79. The van der Waals surface area contributed by atoms with E-state index in [0.717, 1.165) is 5.56 Å². The molecule has 0 atom stereocenters. The van der Waals surface area contributed by atoms with E-state index in [2.05, 4.69) is 20.4 Å². The Hall–Kier alpha value is -4.12. The molecular weight excluding hydrogens is 462 g/mol. The predicted molar refractivity (Wildman–Crippen MR) is 130 cm³/mol. The van der Waals surface area contributed by atoms with Crippen LogP contribution in [0.15, 0.2) is 47.2 Å². The third-order valence-corrected chi connectivity index (χ3v) is 6.06. The summed E-state index contributed by atoms with van der Waals surface area (Å²) >= 11 is 0. The minimum atomic E-state index is -2.01. The summed E-state index contributed by atoms with van der Waals surface area (Å²) < 4.78 is 11.7. The molecule has 4 heterocycles. The second-order valence-electron chi connectivity index (χ2n) is 8.62. The first-order chi connectivity index (χ1) is 17.1. The van der Waals surface area contributed by atoms with E-state index in [-0.39, 0.29) is 17.2 Å². The van der Waals surface area contributed by atoms with Crippen LogP contribution < -0.4 is 5.32 Å². The lowest BCUT2D eigenvalue weighted by Gasteiger charge is -2.35. The van der Waals surface area contributed by atoms with Crippen LogP contribution in [-0.2, 0) is 10.1 Å². The molecule has 1 fully saturated rings. The number of nitrogens with zero attached hydrogens (tertiary/aromatic N) is 5. The van der Waals surface area contributed by atoms with Crippen molar-refractivity contribution in [1.82, 2.24) is 24.4 Å². The van der Waals surface area contributed by atoms with Crippen molar-refractivity contribution in [2.75, 3.05) is 25.5 Å². The normalized spacial score (nSPS) is 14.0. The lowest BCUT2D eigenvalue weighted by molar-refractivity contribution is 0.0804. The van der Waals surface area contributed by atoms with Crippen LogP contribution in [0, 0.1) is 6.92 Å². The maximum atomic E-state index is 13.1. The van der Waals surface area contributed by atoms with Crippen molar-refractivity contribution in [3.05, 3.63) is 65.4 Å². The van der Waals surface area contributed by atoms with Crippen molar-refractivity contribution in [1.29, 1.82) is 0 Å². The molecule has 1 aliphatic heterocycles. The van der Waals surface area contributed by atoms with E-state index >= 15 is 0 Å². The van der Waals surface area contributed by atoms with Gasteiger partial charge >= 0.3 is 6.09 Å². The van der Waals surface area contributed by atoms with E-state index < -0.39 is 17.4 Å². The van der Waals surface area contributed by atoms with Crippen molar-refractivity contribution < 1.29 is 24.0 Å². The van der Waals surface area contributed by atoms with Crippen LogP contribution in [-0.4, -0.2) is 77.4 Å². The highest BCUT2D eigenvalue weighted by molar-refractivity contribution is 6.38. The number of likely N-dealkylation sites (tertiary alicyclic amines) is 1. The molecule has 0 saturated carbocycles. The molecule has 0 aliphatic carbocycles. The Bertz CT molecular complexity index is 1470. The van der Waals surface area contributed by atoms with Crippen LogP contribution in [0.5, 0.6) is 0 Å². The van der Waals surface area contributed by atoms with Gasteiger partial charge < -0.3 is 24.6 Å². The highest BCUT2D eigenvalue weighted by Crippen LogP contribution is 2.29. The average molecular weight is 482 g/mol. The number of rotatable bonds is 5. The fraction of sp³-hybridized carbons (Fsp3) is 0.261. The second kappa shape index (κ2) is 8.83. The monoisotopic (exact) mass is 482 g/mol. The zero-order valence-corrected chi connectivity index (χ0v) is 19.5. The van der Waals surface area contributed by atoms with Crippen molar-refractivity contribution in [3.63, 3.8) is 0 Å². The molecule has 2 N–H and O–H groups in total. The number of imidazole rings is 1. The van der Waals surface area contributed by atoms with Gasteiger partial charge in [0.05, 0.1) is 19.2 Å². The van der Waals surface area contributed by atoms with Crippen LogP contribution in [0.1, 0.15) is 33.4 Å². The summed E-state index contributed by atoms with van der Waals surface area (Å²) in [6.07, 6.45) is 2.58. The van der Waals surface area contributed by atoms with Gasteiger partial charge in [0.1, 0.15) is 27.0 Å². The summed E-state index contributed by atoms with van der Waals surface area (Å²) in [7, 11) is 12.4. The molecule has 13 heteroatoms. The first-order valence-electron chi connectivity index (χ1n) is 11.0. The highest BCUT2D eigenvalue weighted by atomic mass is 16.5. The molecule has 1 aromatic carbocycles. The number of hydrogen-bond donors (Lipinski definition) is 2. The number of aryl methyl sites for hydroxylation is 1. The third-order valence-electron chi connectivity index (χ3n) is 6.06. The molecule has 4 aromatic rings. The van der Waals surface area contributed by atoms with Crippen molar-refractivity contribution in [2.45, 2.75) is 18.2 Å². The van der Waals surface area contributed by atoms with Gasteiger partial charge in [-0.05, 0) is 36.2 Å². The minimum Gasteiger partial charge on any atom is -0.453 e. The number of methoxy groups -OCH3 is 1. The first-order valence-corrected chi connectivity index (χ1v) is 11.0. The van der Waals surface area contributed by atoms with E-state index in [0.29, 0.717) is 41.7 Å². The first kappa shape index (κ1) is 23.6. The van der Waals surface area contributed by atoms with Gasteiger partial charge in [-0.25, -0.2) is 9.78 Å². The number of aromatic nitrogens is 4. The van der Waals surface area contributed by atoms with Gasteiger partial charge in [0, 0.05) is 35.9 Å². The smallest absolute Gasteiger partial charge is 0.409 e. The van der Waals surface area contributed by atoms with Gasteiger partial charge in [-0.15, -0.1) is 0 Å². The highest BCUT2D eigenvalue weighted by Gasteiger charge is 2.36. The number of fused-ring (bicyclic) bond motifs is 1. The number of ether oxygens (including phenoxy) is 1. The summed E-state index contributed by atoms with van der Waals surface area (Å²) in [6.45, 7) is 2.75. The Morgan fingerprint density at radius 1 is 1.25 bits per heavy atom. The molecule has 5 rings (SSSR count). The Balaban J connectivity index is 1.34. The summed E-state index contributed by atoms with van der Waals surface area (Å²) in [6, 6.07) is 8.44. The third kappa shape index (κ3) is 4.33. The molecule has 3 aromatic heterocycles. The minimum absolute atomic E-state index is 0.0554. The molecule has 178 valence electrons. The Morgan fingerprint density at radius 3 is 2.75 bits per heavy atom. The average Bonchev–Trinajstić information content (AvgIpc) is 3.46. The molecule has 1 aliphatic rings. The molecule has 0 spiro atoms. The molecule has 1 saturated heterocycles. The number of hydrogen-bond acceptors (Lipinski definition) is 8. The van der Waals surface area contributed by atoms with E-state index in [1.54, 1.807) is 21.6 Å². The molecule has 11 nitrogen and oxygen atoms in total. The summed E-state index contributed by atoms with van der Waals surface area (Å²) in [5, 5.41) is 14.7. The molecule has 2 amide bonds. The summed E-state index contributed by atoms with van der Waals surface area (Å²) in [4.78, 5) is 34.8. The summed E-state index contributed by atoms with van der Waals surface area (Å²) in [5.41, 5.74) is 2.99. The van der Waals surface area contributed by atoms with Gasteiger partial charge in [-0.1, -0.05) is 17.3 Å². The number of amides is 2. The van der Waals surface area contributed by atoms with Gasteiger partial charge in [-0.3, -0.25) is 9.20 Å². The van der Waals surface area contributed by atoms with E-state index in [4.69, 9.17) is 25.0 Å². The number of carbonyl (C=O) groups excluding carboxylic acids is 2. The number of aliphatic hydroxyl groups is 1. The SMILES string of the molecule is [B]C([B])(O)c1ccn2c(C(=O)Nc3cc(-c4noc(C5CN(C(=O)OC)C5)n4)ccc3C)cnc2c1. The van der Waals surface area contributed by atoms with Gasteiger partial charge in [0.2, 0.25) is 11.7 Å². The molecular formula is C23H20B2N6O5. The number of nitrogens with one attached hydrogen (secondary N) is 1. The molecule has 36 heavy (non-hydrogen) atoms. The zero-order chi connectivity index (χ0) is 25.6. The Morgan fingerprint density at radius 2 is 2.03 bits per heavy atom. The number of anilines is 1. The maximum Gasteiger partial charge on any atom is 0.409 e. The van der Waals surface area contributed by atoms with E-state index in [1.165, 1.54) is 25.4 Å². The maximum absolute atomic E-state index is 13.1. The van der Waals surface area contributed by atoms with Crippen LogP contribution in [0.4, 0.5) is 10.5 Å². The van der Waals surface area contributed by atoms with Crippen LogP contribution in [0.3, 0.4) is 0 Å². The zero-order valence-electron chi connectivity index (χ0n) is 19.5. The van der Waals surface area contributed by atoms with Crippen LogP contribution >= 0.6 is 0 Å². The van der Waals surface area contributed by atoms with Gasteiger partial charge in [0.25, 0.3) is 5.91 Å². The second-order valence-corrected chi connectivity index (χ2v) is 8.62. The lowest BCUT2D eigenvalue weighted by Crippen LogP contribution is -2.48. The van der Waals surface area contributed by atoms with Crippen molar-refractivity contribution in [2.24, 2.45) is 0 Å². The molecule has 0 unspecified atom stereocenters. The standard InChI is InChI=1S/C23H20B2N6O5/c1-12-3-4-13(19-28-21(36-29-19)14-10-30(11-14)22(33)35-2)7-16(12)27-20(32)17-9-26-18-8-15(23(24,25)34)5-6-31(17)18/h3-9,14,34H,10-11H2,1-2H3,(H,27,32). The van der Waals surface area contributed by atoms with Gasteiger partial charge in [-0.2, -0.15) is 4.98 Å². The molecule has 4 radical (unpaired) electrons. The number of pyridine rings is 1. The topological polar surface area (TPSA) is 135 Å². The summed E-state index contributed by atoms with van der Waals surface area (Å²) in [5.74, 6) is 0.358. The van der Waals surface area contributed by atoms with E-state index in [9.17, 15) is 14.7 Å². The molecule has 0 bridgehead atoms. The van der Waals surface area contributed by atoms with E-state index in [1.807, 2.05) is 19.1 Å². The largest absolute Gasteiger partial charge is 0.453 e. The van der Waals surface area contributed by atoms with Crippen LogP contribution in [0.25, 0.3) is 17.0 Å². The number of benzene rings is 1. The number of carbonyl (C=O) groups is 2. The van der Waals surface area contributed by atoms with Crippen LogP contribution in [0.2, 0.25) is 0 Å².